The first-order chi connectivity index (χ1) is 24.9. The summed E-state index contributed by atoms with van der Waals surface area (Å²) in [7, 11) is 5.80. The van der Waals surface area contributed by atoms with E-state index in [2.05, 4.69) is 49.0 Å². The van der Waals surface area contributed by atoms with E-state index in [-0.39, 0.29) is 78.1 Å². The molecule has 12 nitrogen and oxygen atoms in total. The Kier molecular flexibility index (Phi) is 14.0. The first kappa shape index (κ1) is 40.4. The Morgan fingerprint density at radius 1 is 0.500 bits per heavy atom. The minimum Gasteiger partial charge on any atom is -0.469 e. The topological polar surface area (TPSA) is 153 Å². The summed E-state index contributed by atoms with van der Waals surface area (Å²) in [5.74, 6) is 0.463. The number of ether oxygens (including phenoxy) is 4. The second kappa shape index (κ2) is 18.0. The summed E-state index contributed by atoms with van der Waals surface area (Å²) in [4.78, 5) is 49.5. The number of nitrogens with one attached hydrogen (secondary N) is 4. The van der Waals surface area contributed by atoms with Gasteiger partial charge in [0.2, 0.25) is 0 Å². The normalized spacial score (nSPS) is 35.8. The molecule has 5 heterocycles. The van der Waals surface area contributed by atoms with Gasteiger partial charge in [0, 0.05) is 74.0 Å². The third kappa shape index (κ3) is 9.10. The first-order valence-electron chi connectivity index (χ1n) is 19.6. The molecule has 12 unspecified atom stereocenters. The fraction of sp³-hybridized carbons (Fsp3) is 0.800. The standard InChI is InChI=1S/C40H64N4O8/c1-21-25(9-13-37(45)49-5)33-18-30-23(3)27(11-15-39(47)51-7)35(43-30)20-32-24(4)28(12-16-40(48)52-8)36(44-32)19-31-22(2)26(10-14-38(46)50-6)34(42-31)17-29(21)41-33/h21-22,25-26,29-36,41-44H,9-20H2,1-8H3. The van der Waals surface area contributed by atoms with Crippen LogP contribution in [0.2, 0.25) is 0 Å². The highest BCUT2D eigenvalue weighted by atomic mass is 16.5. The molecule has 5 rings (SSSR count). The van der Waals surface area contributed by atoms with Crippen LogP contribution in [0.25, 0.3) is 0 Å². The van der Waals surface area contributed by atoms with Crippen molar-refractivity contribution in [2.45, 2.75) is 153 Å². The van der Waals surface area contributed by atoms with Crippen LogP contribution in [-0.2, 0) is 38.1 Å². The molecule has 3 saturated heterocycles. The number of hydrogen-bond donors (Lipinski definition) is 4. The van der Waals surface area contributed by atoms with Gasteiger partial charge in [0.1, 0.15) is 0 Å². The van der Waals surface area contributed by atoms with Gasteiger partial charge in [-0.3, -0.25) is 19.2 Å². The van der Waals surface area contributed by atoms with E-state index in [0.717, 1.165) is 38.5 Å². The van der Waals surface area contributed by atoms with E-state index >= 15 is 0 Å². The maximum atomic E-state index is 12.4. The average Bonchev–Trinajstić information content (AvgIpc) is 3.80. The molecule has 0 aromatic rings. The van der Waals surface area contributed by atoms with Crippen molar-refractivity contribution in [3.05, 3.63) is 22.3 Å². The predicted octanol–water partition coefficient (Wildman–Crippen LogP) is 3.87. The van der Waals surface area contributed by atoms with Crippen LogP contribution in [-0.4, -0.2) is 101 Å². The number of carbonyl (C=O) groups is 4. The monoisotopic (exact) mass is 728 g/mol. The Bertz CT molecular complexity index is 1380. The van der Waals surface area contributed by atoms with E-state index in [0.29, 0.717) is 56.3 Å². The lowest BCUT2D eigenvalue weighted by Gasteiger charge is -2.28. The molecule has 12 atom stereocenters. The number of esters is 4. The highest BCUT2D eigenvalue weighted by molar-refractivity contribution is 5.70. The Hall–Kier alpha value is -2.80. The van der Waals surface area contributed by atoms with E-state index in [1.807, 2.05) is 0 Å². The third-order valence-electron chi connectivity index (χ3n) is 13.6. The highest BCUT2D eigenvalue weighted by Gasteiger charge is 2.48. The number of hydrogen-bond acceptors (Lipinski definition) is 12. The van der Waals surface area contributed by atoms with Crippen molar-refractivity contribution in [1.29, 1.82) is 0 Å². The van der Waals surface area contributed by atoms with Crippen LogP contribution in [0.5, 0.6) is 0 Å². The summed E-state index contributed by atoms with van der Waals surface area (Å²) in [6.07, 6.45) is 7.74. The maximum Gasteiger partial charge on any atom is 0.305 e. The van der Waals surface area contributed by atoms with Crippen molar-refractivity contribution < 1.29 is 38.1 Å². The van der Waals surface area contributed by atoms with Crippen molar-refractivity contribution in [2.75, 3.05) is 28.4 Å². The minimum atomic E-state index is -0.209. The van der Waals surface area contributed by atoms with E-state index in [4.69, 9.17) is 18.9 Å². The van der Waals surface area contributed by atoms with Crippen molar-refractivity contribution in [3.63, 3.8) is 0 Å². The Labute approximate surface area is 310 Å². The van der Waals surface area contributed by atoms with E-state index in [1.165, 1.54) is 50.7 Å². The maximum absolute atomic E-state index is 12.4. The van der Waals surface area contributed by atoms with Gasteiger partial charge in [-0.15, -0.1) is 0 Å². The van der Waals surface area contributed by atoms with Gasteiger partial charge in [0.05, 0.1) is 28.4 Å². The smallest absolute Gasteiger partial charge is 0.305 e. The zero-order chi connectivity index (χ0) is 37.7. The number of methoxy groups -OCH3 is 4. The molecular weight excluding hydrogens is 664 g/mol. The van der Waals surface area contributed by atoms with Crippen molar-refractivity contribution in [3.8, 4) is 0 Å². The minimum absolute atomic E-state index is 0.0781. The molecule has 4 N–H and O–H groups in total. The largest absolute Gasteiger partial charge is 0.469 e. The van der Waals surface area contributed by atoms with Crippen LogP contribution in [0.15, 0.2) is 22.3 Å². The van der Waals surface area contributed by atoms with Crippen molar-refractivity contribution in [2.24, 2.45) is 23.7 Å². The van der Waals surface area contributed by atoms with Gasteiger partial charge < -0.3 is 40.2 Å². The molecule has 52 heavy (non-hydrogen) atoms. The summed E-state index contributed by atoms with van der Waals surface area (Å²) in [5, 5.41) is 16.2. The first-order valence-corrected chi connectivity index (χ1v) is 19.6. The number of carbonyl (C=O) groups excluding carboxylic acids is 4. The van der Waals surface area contributed by atoms with Crippen LogP contribution in [0, 0.1) is 23.7 Å². The van der Waals surface area contributed by atoms with Crippen molar-refractivity contribution >= 4 is 23.9 Å². The number of fused-ring (bicyclic) bond motifs is 8. The SMILES string of the molecule is COC(=O)CCC1=C(C)C2CC3NC(CC4NC(CC5NC(CC1N2)C(C)=C5CCC(=O)OC)C(C)C4CCC(=O)OC)C(C)C3CCC(=O)OC. The van der Waals surface area contributed by atoms with Crippen LogP contribution >= 0.6 is 0 Å². The quantitative estimate of drug-likeness (QED) is 0.131. The molecule has 0 radical (unpaired) electrons. The van der Waals surface area contributed by atoms with E-state index < -0.39 is 0 Å². The predicted molar refractivity (Wildman–Crippen MR) is 197 cm³/mol. The lowest BCUT2D eigenvalue weighted by Crippen LogP contribution is -2.46. The van der Waals surface area contributed by atoms with Crippen LogP contribution in [0.4, 0.5) is 0 Å². The fourth-order valence-electron chi connectivity index (χ4n) is 10.5. The lowest BCUT2D eigenvalue weighted by molar-refractivity contribution is -0.141. The Balaban J connectivity index is 1.51. The van der Waals surface area contributed by atoms with Gasteiger partial charge >= 0.3 is 23.9 Å². The molecule has 8 bridgehead atoms. The molecule has 0 spiro atoms. The molecular formula is C40H64N4O8. The van der Waals surface area contributed by atoms with E-state index in [1.54, 1.807) is 0 Å². The van der Waals surface area contributed by atoms with Crippen LogP contribution in [0.3, 0.4) is 0 Å². The van der Waals surface area contributed by atoms with Gasteiger partial charge in [0.25, 0.3) is 0 Å². The summed E-state index contributed by atoms with van der Waals surface area (Å²) in [6, 6.07) is 1.24. The summed E-state index contributed by atoms with van der Waals surface area (Å²) >= 11 is 0. The van der Waals surface area contributed by atoms with Crippen LogP contribution in [0.1, 0.15) is 105 Å². The Morgan fingerprint density at radius 2 is 0.865 bits per heavy atom. The molecule has 0 amide bonds. The second-order valence-corrected chi connectivity index (χ2v) is 16.1. The molecule has 0 saturated carbocycles. The Morgan fingerprint density at radius 3 is 1.33 bits per heavy atom. The summed E-state index contributed by atoms with van der Waals surface area (Å²) in [5.41, 5.74) is 5.15. The van der Waals surface area contributed by atoms with Gasteiger partial charge in [0.15, 0.2) is 0 Å². The highest BCUT2D eigenvalue weighted by Crippen LogP contribution is 2.43. The van der Waals surface area contributed by atoms with Crippen molar-refractivity contribution in [1.82, 2.24) is 21.3 Å². The van der Waals surface area contributed by atoms with Gasteiger partial charge in [-0.2, -0.15) is 0 Å². The molecule has 5 aliphatic heterocycles. The molecule has 0 aliphatic carbocycles. The lowest BCUT2D eigenvalue weighted by atomic mass is 9.78. The van der Waals surface area contributed by atoms with E-state index in [9.17, 15) is 19.2 Å². The molecule has 292 valence electrons. The fourth-order valence-corrected chi connectivity index (χ4v) is 10.5. The molecule has 0 aromatic carbocycles. The zero-order valence-electron chi connectivity index (χ0n) is 32.7. The van der Waals surface area contributed by atoms with Gasteiger partial charge in [-0.1, -0.05) is 36.1 Å². The van der Waals surface area contributed by atoms with Crippen LogP contribution < -0.4 is 21.3 Å². The molecule has 12 heteroatoms. The molecule has 3 fully saturated rings. The van der Waals surface area contributed by atoms with Gasteiger partial charge in [-0.25, -0.2) is 0 Å². The summed E-state index contributed by atoms with van der Waals surface area (Å²) in [6.45, 7) is 9.07. The second-order valence-electron chi connectivity index (χ2n) is 16.1. The van der Waals surface area contributed by atoms with Gasteiger partial charge in [-0.05, 0) is 88.9 Å². The molecule has 5 aliphatic rings. The zero-order valence-corrected chi connectivity index (χ0v) is 32.7. The molecule has 0 aromatic heterocycles. The number of rotatable bonds is 12. The summed E-state index contributed by atoms with van der Waals surface area (Å²) < 4.78 is 20.2. The average molecular weight is 729 g/mol. The third-order valence-corrected chi connectivity index (χ3v) is 13.6.